The van der Waals surface area contributed by atoms with Crippen LogP contribution in [0.2, 0.25) is 0 Å². The second kappa shape index (κ2) is 6.99. The first kappa shape index (κ1) is 13.7. The summed E-state index contributed by atoms with van der Waals surface area (Å²) in [7, 11) is 0. The van der Waals surface area contributed by atoms with Crippen molar-refractivity contribution in [3.05, 3.63) is 24.3 Å². The molecule has 0 radical (unpaired) electrons. The van der Waals surface area contributed by atoms with Gasteiger partial charge in [-0.3, -0.25) is 4.79 Å². The number of rotatable bonds is 6. The molecule has 1 aliphatic rings. The van der Waals surface area contributed by atoms with Crippen LogP contribution >= 0.6 is 0 Å². The van der Waals surface area contributed by atoms with Crippen molar-refractivity contribution in [2.45, 2.75) is 25.4 Å². The highest BCUT2D eigenvalue weighted by atomic mass is 16.5. The zero-order valence-electron chi connectivity index (χ0n) is 10.9. The molecular formula is C14H20N2O3. The number of benzene rings is 1. The summed E-state index contributed by atoms with van der Waals surface area (Å²) in [5, 5.41) is 2.86. The van der Waals surface area contributed by atoms with E-state index in [1.807, 2.05) is 0 Å². The Morgan fingerprint density at radius 3 is 2.89 bits per heavy atom. The molecule has 104 valence electrons. The third-order valence-electron chi connectivity index (χ3n) is 3.03. The lowest BCUT2D eigenvalue weighted by molar-refractivity contribution is -0.122. The van der Waals surface area contributed by atoms with Crippen molar-refractivity contribution in [2.24, 2.45) is 0 Å². The van der Waals surface area contributed by atoms with Gasteiger partial charge in [0.2, 0.25) is 5.91 Å². The monoisotopic (exact) mass is 264 g/mol. The molecule has 19 heavy (non-hydrogen) atoms. The summed E-state index contributed by atoms with van der Waals surface area (Å²) in [6.45, 7) is 1.77. The minimum absolute atomic E-state index is 0.00838. The molecule has 1 aromatic rings. The van der Waals surface area contributed by atoms with Crippen molar-refractivity contribution < 1.29 is 14.3 Å². The van der Waals surface area contributed by atoms with Crippen molar-refractivity contribution in [3.8, 4) is 5.75 Å². The Balaban J connectivity index is 1.59. The second-order valence-electron chi connectivity index (χ2n) is 4.61. The van der Waals surface area contributed by atoms with Crippen LogP contribution in [-0.4, -0.2) is 31.8 Å². The first-order chi connectivity index (χ1) is 9.24. The molecule has 0 spiro atoms. The Bertz CT molecular complexity index is 400. The quantitative estimate of drug-likeness (QED) is 0.760. The number of carbonyl (C=O) groups excluding carboxylic acids is 1. The van der Waals surface area contributed by atoms with E-state index in [-0.39, 0.29) is 12.0 Å². The van der Waals surface area contributed by atoms with Gasteiger partial charge in [0.05, 0.1) is 19.1 Å². The standard InChI is InChI=1S/C14H20N2O3/c15-11-3-5-12(6-4-11)19-9-7-14(17)16-10-13-2-1-8-18-13/h3-6,13H,1-2,7-10,15H2,(H,16,17). The highest BCUT2D eigenvalue weighted by molar-refractivity contribution is 5.76. The van der Waals surface area contributed by atoms with Crippen LogP contribution < -0.4 is 15.8 Å². The van der Waals surface area contributed by atoms with Gasteiger partial charge in [-0.05, 0) is 37.1 Å². The van der Waals surface area contributed by atoms with Crippen LogP contribution in [0, 0.1) is 0 Å². The molecule has 1 amide bonds. The van der Waals surface area contributed by atoms with E-state index < -0.39 is 0 Å². The summed E-state index contributed by atoms with van der Waals surface area (Å²) in [5.41, 5.74) is 6.27. The minimum atomic E-state index is -0.00838. The van der Waals surface area contributed by atoms with E-state index in [1.165, 1.54) is 0 Å². The van der Waals surface area contributed by atoms with Gasteiger partial charge in [0.15, 0.2) is 0 Å². The first-order valence-corrected chi connectivity index (χ1v) is 6.60. The molecule has 1 heterocycles. The highest BCUT2D eigenvalue weighted by Gasteiger charge is 2.15. The summed E-state index contributed by atoms with van der Waals surface area (Å²) in [5.74, 6) is 0.715. The van der Waals surface area contributed by atoms with Crippen LogP contribution in [0.3, 0.4) is 0 Å². The fourth-order valence-corrected chi connectivity index (χ4v) is 1.95. The molecule has 5 heteroatoms. The third kappa shape index (κ3) is 4.79. The molecule has 3 N–H and O–H groups in total. The van der Waals surface area contributed by atoms with Crippen LogP contribution in [0.25, 0.3) is 0 Å². The molecule has 0 aromatic heterocycles. The molecule has 2 rings (SSSR count). The smallest absolute Gasteiger partial charge is 0.223 e. The fraction of sp³-hybridized carbons (Fsp3) is 0.500. The molecule has 1 aliphatic heterocycles. The lowest BCUT2D eigenvalue weighted by atomic mass is 10.2. The topological polar surface area (TPSA) is 73.6 Å². The highest BCUT2D eigenvalue weighted by Crippen LogP contribution is 2.13. The lowest BCUT2D eigenvalue weighted by Crippen LogP contribution is -2.32. The Kier molecular flexibility index (Phi) is 5.03. The van der Waals surface area contributed by atoms with E-state index in [2.05, 4.69) is 5.32 Å². The molecule has 1 aromatic carbocycles. The summed E-state index contributed by atoms with van der Waals surface area (Å²) in [6.07, 6.45) is 2.64. The van der Waals surface area contributed by atoms with Crippen molar-refractivity contribution in [1.82, 2.24) is 5.32 Å². The van der Waals surface area contributed by atoms with Gasteiger partial charge in [0, 0.05) is 18.8 Å². The molecule has 0 aliphatic carbocycles. The average Bonchev–Trinajstić information content (AvgIpc) is 2.92. The van der Waals surface area contributed by atoms with Crippen molar-refractivity contribution in [1.29, 1.82) is 0 Å². The van der Waals surface area contributed by atoms with Crippen LogP contribution in [0.15, 0.2) is 24.3 Å². The van der Waals surface area contributed by atoms with E-state index in [0.29, 0.717) is 25.3 Å². The Labute approximate surface area is 113 Å². The SMILES string of the molecule is Nc1ccc(OCCC(=O)NCC2CCCO2)cc1. The van der Waals surface area contributed by atoms with Crippen molar-refractivity contribution >= 4 is 11.6 Å². The van der Waals surface area contributed by atoms with Gasteiger partial charge in [-0.2, -0.15) is 0 Å². The van der Waals surface area contributed by atoms with Crippen LogP contribution in [0.5, 0.6) is 5.75 Å². The van der Waals surface area contributed by atoms with Crippen LogP contribution in [0.4, 0.5) is 5.69 Å². The second-order valence-corrected chi connectivity index (χ2v) is 4.61. The van der Waals surface area contributed by atoms with Gasteiger partial charge in [0.25, 0.3) is 0 Å². The van der Waals surface area contributed by atoms with Crippen molar-refractivity contribution in [3.63, 3.8) is 0 Å². The van der Waals surface area contributed by atoms with Gasteiger partial charge >= 0.3 is 0 Å². The predicted molar refractivity (Wildman–Crippen MR) is 73.0 cm³/mol. The van der Waals surface area contributed by atoms with E-state index in [0.717, 1.165) is 25.2 Å². The van der Waals surface area contributed by atoms with Gasteiger partial charge in [-0.25, -0.2) is 0 Å². The zero-order chi connectivity index (χ0) is 13.5. The van der Waals surface area contributed by atoms with Crippen LogP contribution in [0.1, 0.15) is 19.3 Å². The zero-order valence-corrected chi connectivity index (χ0v) is 10.9. The normalized spacial score (nSPS) is 18.2. The number of nitrogens with one attached hydrogen (secondary N) is 1. The average molecular weight is 264 g/mol. The first-order valence-electron chi connectivity index (χ1n) is 6.60. The largest absolute Gasteiger partial charge is 0.493 e. The molecule has 0 bridgehead atoms. The number of carbonyl (C=O) groups is 1. The summed E-state index contributed by atoms with van der Waals surface area (Å²) in [6, 6.07) is 7.12. The molecule has 1 atom stereocenters. The molecular weight excluding hydrogens is 244 g/mol. The maximum atomic E-state index is 11.6. The molecule has 1 unspecified atom stereocenters. The molecule has 5 nitrogen and oxygen atoms in total. The Morgan fingerprint density at radius 2 is 2.21 bits per heavy atom. The Hall–Kier alpha value is -1.75. The predicted octanol–water partition coefficient (Wildman–Crippen LogP) is 1.33. The van der Waals surface area contributed by atoms with Gasteiger partial charge in [0.1, 0.15) is 5.75 Å². The van der Waals surface area contributed by atoms with E-state index >= 15 is 0 Å². The number of nitrogen functional groups attached to an aromatic ring is 1. The maximum absolute atomic E-state index is 11.6. The maximum Gasteiger partial charge on any atom is 0.223 e. The number of hydrogen-bond acceptors (Lipinski definition) is 4. The van der Waals surface area contributed by atoms with Gasteiger partial charge < -0.3 is 20.5 Å². The fourth-order valence-electron chi connectivity index (χ4n) is 1.95. The Morgan fingerprint density at radius 1 is 1.42 bits per heavy atom. The number of anilines is 1. The van der Waals surface area contributed by atoms with E-state index in [4.69, 9.17) is 15.2 Å². The van der Waals surface area contributed by atoms with E-state index in [1.54, 1.807) is 24.3 Å². The minimum Gasteiger partial charge on any atom is -0.493 e. The number of amides is 1. The molecule has 1 fully saturated rings. The summed E-state index contributed by atoms with van der Waals surface area (Å²) < 4.78 is 10.9. The van der Waals surface area contributed by atoms with Crippen molar-refractivity contribution in [2.75, 3.05) is 25.5 Å². The van der Waals surface area contributed by atoms with Gasteiger partial charge in [-0.15, -0.1) is 0 Å². The molecule has 0 saturated carbocycles. The van der Waals surface area contributed by atoms with Crippen LogP contribution in [-0.2, 0) is 9.53 Å². The summed E-state index contributed by atoms with van der Waals surface area (Å²) in [4.78, 5) is 11.6. The van der Waals surface area contributed by atoms with Gasteiger partial charge in [-0.1, -0.05) is 0 Å². The number of hydrogen-bond donors (Lipinski definition) is 2. The summed E-state index contributed by atoms with van der Waals surface area (Å²) >= 11 is 0. The van der Waals surface area contributed by atoms with E-state index in [9.17, 15) is 4.79 Å². The third-order valence-corrected chi connectivity index (χ3v) is 3.03. The number of ether oxygens (including phenoxy) is 2. The lowest BCUT2D eigenvalue weighted by Gasteiger charge is -2.11. The number of nitrogens with two attached hydrogens (primary N) is 1. The molecule has 1 saturated heterocycles.